The van der Waals surface area contributed by atoms with Gasteiger partial charge in [-0.15, -0.1) is 0 Å². The number of nitrogens with one attached hydrogen (secondary N) is 1. The maximum atomic E-state index is 11.2. The number of carbonyl (C=O) groups is 1. The second kappa shape index (κ2) is 6.26. The molecule has 1 saturated heterocycles. The molecule has 0 saturated carbocycles. The van der Waals surface area contributed by atoms with E-state index in [2.05, 4.69) is 17.3 Å². The first kappa shape index (κ1) is 14.2. The van der Waals surface area contributed by atoms with E-state index in [4.69, 9.17) is 16.7 Å². The predicted octanol–water partition coefficient (Wildman–Crippen LogP) is 2.93. The fourth-order valence-corrected chi connectivity index (χ4v) is 2.65. The third kappa shape index (κ3) is 3.61. The number of benzene rings is 1. The zero-order valence-corrected chi connectivity index (χ0v) is 11.8. The van der Waals surface area contributed by atoms with Crippen LogP contribution in [0.1, 0.15) is 29.6 Å². The average molecular weight is 283 g/mol. The second-order valence-corrected chi connectivity index (χ2v) is 5.44. The summed E-state index contributed by atoms with van der Waals surface area (Å²) in [5, 5.41) is 12.9. The van der Waals surface area contributed by atoms with Crippen LogP contribution in [0.25, 0.3) is 0 Å². The Morgan fingerprint density at radius 1 is 1.53 bits per heavy atom. The van der Waals surface area contributed by atoms with E-state index >= 15 is 0 Å². The summed E-state index contributed by atoms with van der Waals surface area (Å²) in [7, 11) is 2.12. The SMILES string of the molecule is CN1CCCCC1CNc1ccc(Cl)cc1C(=O)O. The monoisotopic (exact) mass is 282 g/mol. The molecule has 1 unspecified atom stereocenters. The molecule has 1 aromatic carbocycles. The molecule has 104 valence electrons. The Labute approximate surface area is 118 Å². The van der Waals surface area contributed by atoms with Crippen molar-refractivity contribution in [2.45, 2.75) is 25.3 Å². The normalized spacial score (nSPS) is 20.2. The molecule has 1 aromatic rings. The molecular weight excluding hydrogens is 264 g/mol. The maximum Gasteiger partial charge on any atom is 0.337 e. The van der Waals surface area contributed by atoms with E-state index in [9.17, 15) is 4.79 Å². The quantitative estimate of drug-likeness (QED) is 0.891. The van der Waals surface area contributed by atoms with Crippen molar-refractivity contribution in [3.63, 3.8) is 0 Å². The number of hydrogen-bond donors (Lipinski definition) is 2. The smallest absolute Gasteiger partial charge is 0.337 e. The number of anilines is 1. The number of carboxylic acids is 1. The van der Waals surface area contributed by atoms with Gasteiger partial charge in [-0.1, -0.05) is 18.0 Å². The van der Waals surface area contributed by atoms with Crippen LogP contribution >= 0.6 is 11.6 Å². The summed E-state index contributed by atoms with van der Waals surface area (Å²) in [6, 6.07) is 5.39. The van der Waals surface area contributed by atoms with Crippen molar-refractivity contribution in [3.05, 3.63) is 28.8 Å². The van der Waals surface area contributed by atoms with E-state index in [0.29, 0.717) is 16.8 Å². The van der Waals surface area contributed by atoms with E-state index in [1.165, 1.54) is 18.9 Å². The van der Waals surface area contributed by atoms with E-state index < -0.39 is 5.97 Å². The Bertz CT molecular complexity index is 465. The minimum Gasteiger partial charge on any atom is -0.478 e. The van der Waals surface area contributed by atoms with Gasteiger partial charge in [0.05, 0.1) is 5.56 Å². The molecule has 0 aliphatic carbocycles. The number of likely N-dealkylation sites (tertiary alicyclic amines) is 1. The van der Waals surface area contributed by atoms with Gasteiger partial charge in [-0.25, -0.2) is 4.79 Å². The topological polar surface area (TPSA) is 52.6 Å². The molecule has 19 heavy (non-hydrogen) atoms. The summed E-state index contributed by atoms with van der Waals surface area (Å²) in [5.41, 5.74) is 0.863. The van der Waals surface area contributed by atoms with Crippen molar-refractivity contribution in [2.24, 2.45) is 0 Å². The summed E-state index contributed by atoms with van der Waals surface area (Å²) in [6.45, 7) is 1.87. The minimum atomic E-state index is -0.956. The first-order valence-corrected chi connectivity index (χ1v) is 6.92. The van der Waals surface area contributed by atoms with Crippen molar-refractivity contribution < 1.29 is 9.90 Å². The molecule has 4 nitrogen and oxygen atoms in total. The maximum absolute atomic E-state index is 11.2. The third-order valence-corrected chi connectivity index (χ3v) is 3.90. The van der Waals surface area contributed by atoms with E-state index in [0.717, 1.165) is 19.5 Å². The van der Waals surface area contributed by atoms with Gasteiger partial charge in [-0.05, 0) is 44.6 Å². The van der Waals surface area contributed by atoms with Crippen molar-refractivity contribution in [2.75, 3.05) is 25.5 Å². The fourth-order valence-electron chi connectivity index (χ4n) is 2.48. The molecule has 1 fully saturated rings. The molecule has 5 heteroatoms. The van der Waals surface area contributed by atoms with E-state index in [1.807, 2.05) is 0 Å². The zero-order valence-electron chi connectivity index (χ0n) is 11.0. The Kier molecular flexibility index (Phi) is 4.66. The predicted molar refractivity (Wildman–Crippen MR) is 77.2 cm³/mol. The number of nitrogens with zero attached hydrogens (tertiary/aromatic N) is 1. The number of aromatic carboxylic acids is 1. The summed E-state index contributed by atoms with van der Waals surface area (Å²) >= 11 is 5.83. The second-order valence-electron chi connectivity index (χ2n) is 5.01. The standard InChI is InChI=1S/C14H19ClN2O2/c1-17-7-3-2-4-11(17)9-16-13-6-5-10(15)8-12(13)14(18)19/h5-6,8,11,16H,2-4,7,9H2,1H3,(H,18,19). The first-order chi connectivity index (χ1) is 9.08. The van der Waals surface area contributed by atoms with Crippen molar-refractivity contribution in [1.29, 1.82) is 0 Å². The summed E-state index contributed by atoms with van der Waals surface area (Å²) < 4.78 is 0. The lowest BCUT2D eigenvalue weighted by atomic mass is 10.0. The number of halogens is 1. The average Bonchev–Trinajstić information content (AvgIpc) is 2.38. The van der Waals surface area contributed by atoms with Gasteiger partial charge < -0.3 is 15.3 Å². The molecule has 2 N–H and O–H groups in total. The highest BCUT2D eigenvalue weighted by molar-refractivity contribution is 6.31. The highest BCUT2D eigenvalue weighted by atomic mass is 35.5. The van der Waals surface area contributed by atoms with Crippen LogP contribution in [0.5, 0.6) is 0 Å². The molecule has 0 spiro atoms. The molecule has 1 aliphatic heterocycles. The summed E-state index contributed by atoms with van der Waals surface area (Å²) in [4.78, 5) is 13.5. The molecule has 2 rings (SSSR count). The van der Waals surface area contributed by atoms with Crippen LogP contribution in [0.4, 0.5) is 5.69 Å². The Morgan fingerprint density at radius 3 is 3.00 bits per heavy atom. The van der Waals surface area contributed by atoms with Crippen molar-refractivity contribution in [1.82, 2.24) is 4.90 Å². The number of hydrogen-bond acceptors (Lipinski definition) is 3. The van der Waals surface area contributed by atoms with Gasteiger partial charge in [0.15, 0.2) is 0 Å². The largest absolute Gasteiger partial charge is 0.478 e. The fraction of sp³-hybridized carbons (Fsp3) is 0.500. The van der Waals surface area contributed by atoms with Gasteiger partial charge in [-0.3, -0.25) is 0 Å². The Morgan fingerprint density at radius 2 is 2.32 bits per heavy atom. The number of carboxylic acid groups (broad SMARTS) is 1. The van der Waals surface area contributed by atoms with Crippen LogP contribution in [-0.4, -0.2) is 42.2 Å². The van der Waals surface area contributed by atoms with Crippen LogP contribution < -0.4 is 5.32 Å². The molecule has 0 bridgehead atoms. The molecular formula is C14H19ClN2O2. The molecule has 0 amide bonds. The van der Waals surface area contributed by atoms with Gasteiger partial charge in [0.1, 0.15) is 0 Å². The Balaban J connectivity index is 2.04. The van der Waals surface area contributed by atoms with Gasteiger partial charge in [0, 0.05) is 23.3 Å². The molecule has 0 radical (unpaired) electrons. The van der Waals surface area contributed by atoms with Gasteiger partial charge >= 0.3 is 5.97 Å². The van der Waals surface area contributed by atoms with Crippen LogP contribution in [0.15, 0.2) is 18.2 Å². The van der Waals surface area contributed by atoms with Crippen molar-refractivity contribution >= 4 is 23.3 Å². The van der Waals surface area contributed by atoms with E-state index in [-0.39, 0.29) is 5.56 Å². The van der Waals surface area contributed by atoms with Crippen LogP contribution in [-0.2, 0) is 0 Å². The van der Waals surface area contributed by atoms with Crippen LogP contribution in [0, 0.1) is 0 Å². The lowest BCUT2D eigenvalue weighted by Gasteiger charge is -2.32. The minimum absolute atomic E-state index is 0.228. The molecule has 1 atom stereocenters. The van der Waals surface area contributed by atoms with Crippen LogP contribution in [0.2, 0.25) is 5.02 Å². The van der Waals surface area contributed by atoms with Gasteiger partial charge in [0.25, 0.3) is 0 Å². The lowest BCUT2D eigenvalue weighted by molar-refractivity contribution is 0.0698. The lowest BCUT2D eigenvalue weighted by Crippen LogP contribution is -2.40. The number of rotatable bonds is 4. The zero-order chi connectivity index (χ0) is 13.8. The highest BCUT2D eigenvalue weighted by Crippen LogP contribution is 2.22. The molecule has 1 aliphatic rings. The third-order valence-electron chi connectivity index (χ3n) is 3.66. The summed E-state index contributed by atoms with van der Waals surface area (Å²) in [5.74, 6) is -0.956. The Hall–Kier alpha value is -1.26. The molecule has 1 heterocycles. The van der Waals surface area contributed by atoms with Crippen molar-refractivity contribution in [3.8, 4) is 0 Å². The number of piperidine rings is 1. The summed E-state index contributed by atoms with van der Waals surface area (Å²) in [6.07, 6.45) is 3.64. The highest BCUT2D eigenvalue weighted by Gasteiger charge is 2.19. The number of likely N-dealkylation sites (N-methyl/N-ethyl adjacent to an activating group) is 1. The van der Waals surface area contributed by atoms with Crippen LogP contribution in [0.3, 0.4) is 0 Å². The first-order valence-electron chi connectivity index (χ1n) is 6.55. The van der Waals surface area contributed by atoms with E-state index in [1.54, 1.807) is 12.1 Å². The molecule has 0 aromatic heterocycles. The van der Waals surface area contributed by atoms with Gasteiger partial charge in [0.2, 0.25) is 0 Å². The van der Waals surface area contributed by atoms with Gasteiger partial charge in [-0.2, -0.15) is 0 Å².